The predicted octanol–water partition coefficient (Wildman–Crippen LogP) is 2.85. The molecule has 2 aromatic rings. The summed E-state index contributed by atoms with van der Waals surface area (Å²) in [6.07, 6.45) is -0.0180. The molecule has 7 heteroatoms. The SMILES string of the molecule is CC(=O)Nc1ccc(F)c(NC(=O)C2CC(=O)Nc3ccccc32)c1. The monoisotopic (exact) mass is 341 g/mol. The molecule has 0 spiro atoms. The Morgan fingerprint density at radius 3 is 2.68 bits per heavy atom. The van der Waals surface area contributed by atoms with Crippen molar-refractivity contribution < 1.29 is 18.8 Å². The van der Waals surface area contributed by atoms with Gasteiger partial charge in [-0.25, -0.2) is 4.39 Å². The van der Waals surface area contributed by atoms with Crippen LogP contribution < -0.4 is 16.0 Å². The Labute approximate surface area is 143 Å². The number of benzene rings is 2. The first-order chi connectivity index (χ1) is 11.9. The van der Waals surface area contributed by atoms with Gasteiger partial charge < -0.3 is 16.0 Å². The molecular weight excluding hydrogens is 325 g/mol. The van der Waals surface area contributed by atoms with Crippen molar-refractivity contribution in [2.75, 3.05) is 16.0 Å². The number of carbonyl (C=O) groups excluding carboxylic acids is 3. The van der Waals surface area contributed by atoms with Crippen molar-refractivity contribution in [1.29, 1.82) is 0 Å². The number of hydrogen-bond acceptors (Lipinski definition) is 3. The highest BCUT2D eigenvalue weighted by atomic mass is 19.1. The molecule has 3 amide bonds. The van der Waals surface area contributed by atoms with Gasteiger partial charge in [-0.3, -0.25) is 14.4 Å². The highest BCUT2D eigenvalue weighted by molar-refractivity contribution is 6.05. The third-order valence-corrected chi connectivity index (χ3v) is 3.86. The van der Waals surface area contributed by atoms with Gasteiger partial charge in [0, 0.05) is 24.7 Å². The largest absolute Gasteiger partial charge is 0.326 e. The molecular formula is C18H16FN3O3. The van der Waals surface area contributed by atoms with E-state index in [4.69, 9.17) is 0 Å². The number of anilines is 3. The summed E-state index contributed by atoms with van der Waals surface area (Å²) < 4.78 is 14.0. The fourth-order valence-corrected chi connectivity index (χ4v) is 2.77. The second-order valence-corrected chi connectivity index (χ2v) is 5.76. The highest BCUT2D eigenvalue weighted by Gasteiger charge is 2.30. The topological polar surface area (TPSA) is 87.3 Å². The molecule has 0 saturated carbocycles. The van der Waals surface area contributed by atoms with Gasteiger partial charge in [0.1, 0.15) is 5.82 Å². The van der Waals surface area contributed by atoms with E-state index in [0.717, 1.165) is 6.07 Å². The smallest absolute Gasteiger partial charge is 0.232 e. The second-order valence-electron chi connectivity index (χ2n) is 5.76. The number of rotatable bonds is 3. The quantitative estimate of drug-likeness (QED) is 0.802. The van der Waals surface area contributed by atoms with Gasteiger partial charge in [-0.05, 0) is 29.8 Å². The molecule has 1 aliphatic rings. The zero-order valence-corrected chi connectivity index (χ0v) is 13.4. The van der Waals surface area contributed by atoms with Crippen LogP contribution in [0.4, 0.5) is 21.5 Å². The van der Waals surface area contributed by atoms with Crippen molar-refractivity contribution in [2.24, 2.45) is 0 Å². The normalized spacial score (nSPS) is 15.8. The third-order valence-electron chi connectivity index (χ3n) is 3.86. The molecule has 1 heterocycles. The summed E-state index contributed by atoms with van der Waals surface area (Å²) in [5.74, 6) is -2.40. The number of amides is 3. The lowest BCUT2D eigenvalue weighted by molar-refractivity contribution is -0.123. The van der Waals surface area contributed by atoms with Gasteiger partial charge in [-0.15, -0.1) is 0 Å². The zero-order chi connectivity index (χ0) is 18.0. The van der Waals surface area contributed by atoms with Crippen LogP contribution in [-0.2, 0) is 14.4 Å². The van der Waals surface area contributed by atoms with E-state index >= 15 is 0 Å². The van der Waals surface area contributed by atoms with E-state index in [9.17, 15) is 18.8 Å². The van der Waals surface area contributed by atoms with Crippen molar-refractivity contribution >= 4 is 34.8 Å². The van der Waals surface area contributed by atoms with Crippen LogP contribution in [0.2, 0.25) is 0 Å². The number of fused-ring (bicyclic) bond motifs is 1. The fourth-order valence-electron chi connectivity index (χ4n) is 2.77. The van der Waals surface area contributed by atoms with E-state index in [1.807, 2.05) is 0 Å². The molecule has 1 unspecified atom stereocenters. The van der Waals surface area contributed by atoms with Crippen molar-refractivity contribution in [3.8, 4) is 0 Å². The van der Waals surface area contributed by atoms with E-state index in [1.165, 1.54) is 19.1 Å². The molecule has 3 rings (SSSR count). The summed E-state index contributed by atoms with van der Waals surface area (Å²) in [5, 5.41) is 7.75. The van der Waals surface area contributed by atoms with Crippen LogP contribution in [0.15, 0.2) is 42.5 Å². The summed E-state index contributed by atoms with van der Waals surface area (Å²) in [7, 11) is 0. The van der Waals surface area contributed by atoms with E-state index in [2.05, 4.69) is 16.0 Å². The minimum absolute atomic E-state index is 0.0180. The Morgan fingerprint density at radius 1 is 1.16 bits per heavy atom. The van der Waals surface area contributed by atoms with Crippen LogP contribution in [-0.4, -0.2) is 17.7 Å². The predicted molar refractivity (Wildman–Crippen MR) is 91.8 cm³/mol. The lowest BCUT2D eigenvalue weighted by Gasteiger charge is -2.24. The molecule has 0 saturated heterocycles. The van der Waals surface area contributed by atoms with Gasteiger partial charge in [0.15, 0.2) is 0 Å². The lowest BCUT2D eigenvalue weighted by Crippen LogP contribution is -2.31. The Kier molecular flexibility index (Phi) is 4.47. The average Bonchev–Trinajstić information content (AvgIpc) is 2.56. The Hall–Kier alpha value is -3.22. The Bertz CT molecular complexity index is 866. The summed E-state index contributed by atoms with van der Waals surface area (Å²) in [6, 6.07) is 10.9. The second kappa shape index (κ2) is 6.72. The number of nitrogens with one attached hydrogen (secondary N) is 3. The Morgan fingerprint density at radius 2 is 1.92 bits per heavy atom. The number of carbonyl (C=O) groups is 3. The minimum Gasteiger partial charge on any atom is -0.326 e. The van der Waals surface area contributed by atoms with E-state index in [1.54, 1.807) is 24.3 Å². The van der Waals surface area contributed by atoms with Crippen molar-refractivity contribution in [3.63, 3.8) is 0 Å². The summed E-state index contributed by atoms with van der Waals surface area (Å²) >= 11 is 0. The van der Waals surface area contributed by atoms with Crippen molar-refractivity contribution in [1.82, 2.24) is 0 Å². The van der Waals surface area contributed by atoms with Gasteiger partial charge >= 0.3 is 0 Å². The molecule has 0 aromatic heterocycles. The molecule has 3 N–H and O–H groups in total. The van der Waals surface area contributed by atoms with E-state index in [0.29, 0.717) is 16.9 Å². The molecule has 1 atom stereocenters. The first kappa shape index (κ1) is 16.6. The number of para-hydroxylation sites is 1. The number of halogens is 1. The minimum atomic E-state index is -0.714. The summed E-state index contributed by atoms with van der Waals surface area (Å²) in [5.41, 5.74) is 1.56. The molecule has 25 heavy (non-hydrogen) atoms. The van der Waals surface area contributed by atoms with Gasteiger partial charge in [0.2, 0.25) is 17.7 Å². The molecule has 0 fully saturated rings. The zero-order valence-electron chi connectivity index (χ0n) is 13.4. The first-order valence-electron chi connectivity index (χ1n) is 7.71. The highest BCUT2D eigenvalue weighted by Crippen LogP contribution is 2.33. The molecule has 6 nitrogen and oxygen atoms in total. The van der Waals surface area contributed by atoms with Gasteiger partial charge in [-0.2, -0.15) is 0 Å². The molecule has 2 aromatic carbocycles. The third kappa shape index (κ3) is 3.65. The van der Waals surface area contributed by atoms with Crippen molar-refractivity contribution in [3.05, 3.63) is 53.8 Å². The molecule has 0 radical (unpaired) electrons. The maximum absolute atomic E-state index is 14.0. The number of hydrogen-bond donors (Lipinski definition) is 3. The van der Waals surface area contributed by atoms with Crippen LogP contribution in [0, 0.1) is 5.82 Å². The van der Waals surface area contributed by atoms with Crippen LogP contribution >= 0.6 is 0 Å². The van der Waals surface area contributed by atoms with Crippen LogP contribution in [0.1, 0.15) is 24.8 Å². The first-order valence-corrected chi connectivity index (χ1v) is 7.71. The van der Waals surface area contributed by atoms with E-state index < -0.39 is 17.6 Å². The maximum atomic E-state index is 14.0. The van der Waals surface area contributed by atoms with Crippen LogP contribution in [0.25, 0.3) is 0 Å². The molecule has 128 valence electrons. The lowest BCUT2D eigenvalue weighted by atomic mass is 9.90. The van der Waals surface area contributed by atoms with E-state index in [-0.39, 0.29) is 23.9 Å². The fraction of sp³-hybridized carbons (Fsp3) is 0.167. The van der Waals surface area contributed by atoms with Crippen LogP contribution in [0.5, 0.6) is 0 Å². The van der Waals surface area contributed by atoms with Crippen LogP contribution in [0.3, 0.4) is 0 Å². The molecule has 0 bridgehead atoms. The maximum Gasteiger partial charge on any atom is 0.232 e. The summed E-state index contributed by atoms with van der Waals surface area (Å²) in [6.45, 7) is 1.33. The van der Waals surface area contributed by atoms with Crippen molar-refractivity contribution in [2.45, 2.75) is 19.3 Å². The average molecular weight is 341 g/mol. The Balaban J connectivity index is 1.85. The van der Waals surface area contributed by atoms with Gasteiger partial charge in [0.25, 0.3) is 0 Å². The molecule has 1 aliphatic heterocycles. The molecule has 0 aliphatic carbocycles. The summed E-state index contributed by atoms with van der Waals surface area (Å²) in [4.78, 5) is 35.6. The standard InChI is InChI=1S/C18H16FN3O3/c1-10(23)20-11-6-7-14(19)16(8-11)22-18(25)13-9-17(24)21-15-5-3-2-4-12(13)15/h2-8,13H,9H2,1H3,(H,20,23)(H,21,24)(H,22,25). The van der Waals surface area contributed by atoms with Gasteiger partial charge in [-0.1, -0.05) is 18.2 Å². The van der Waals surface area contributed by atoms with Gasteiger partial charge in [0.05, 0.1) is 11.6 Å².